The lowest BCUT2D eigenvalue weighted by Crippen LogP contribution is -2.37. The number of hydrogen-bond donors (Lipinski definition) is 2. The largest absolute Gasteiger partial charge is 0.335 e. The van der Waals surface area contributed by atoms with Crippen molar-refractivity contribution in [2.75, 3.05) is 6.54 Å². The summed E-state index contributed by atoms with van der Waals surface area (Å²) in [6.45, 7) is 6.09. The number of carbonyl (C=O) groups excluding carboxylic acids is 1. The molecule has 0 saturated heterocycles. The summed E-state index contributed by atoms with van der Waals surface area (Å²) in [4.78, 5) is 12.6. The van der Waals surface area contributed by atoms with Gasteiger partial charge in [0.05, 0.1) is 6.04 Å². The van der Waals surface area contributed by atoms with Crippen molar-refractivity contribution in [3.8, 4) is 0 Å². The predicted molar refractivity (Wildman–Crippen MR) is 64.1 cm³/mol. The van der Waals surface area contributed by atoms with Crippen molar-refractivity contribution in [3.05, 3.63) is 35.0 Å². The lowest BCUT2D eigenvalue weighted by molar-refractivity contribution is 0.238. The van der Waals surface area contributed by atoms with Crippen LogP contribution in [0.2, 0.25) is 0 Å². The summed E-state index contributed by atoms with van der Waals surface area (Å²) in [5.41, 5.74) is 0. The third-order valence-electron chi connectivity index (χ3n) is 2.01. The number of thiophene rings is 1. The lowest BCUT2D eigenvalue weighted by atomic mass is 10.2. The molecule has 3 nitrogen and oxygen atoms in total. The molecule has 0 spiro atoms. The van der Waals surface area contributed by atoms with Crippen molar-refractivity contribution in [2.24, 2.45) is 0 Å². The van der Waals surface area contributed by atoms with E-state index in [-0.39, 0.29) is 12.1 Å². The maximum atomic E-state index is 11.4. The van der Waals surface area contributed by atoms with E-state index in [9.17, 15) is 4.79 Å². The van der Waals surface area contributed by atoms with Gasteiger partial charge in [-0.2, -0.15) is 0 Å². The van der Waals surface area contributed by atoms with Crippen LogP contribution in [0, 0.1) is 0 Å². The van der Waals surface area contributed by atoms with Crippen LogP contribution in [0.15, 0.2) is 30.2 Å². The van der Waals surface area contributed by atoms with Gasteiger partial charge in [-0.1, -0.05) is 19.1 Å². The normalized spacial score (nSPS) is 11.8. The third kappa shape index (κ3) is 3.75. The number of hydrogen-bond acceptors (Lipinski definition) is 2. The fraction of sp³-hybridized carbons (Fsp3) is 0.364. The van der Waals surface area contributed by atoms with Gasteiger partial charge in [0, 0.05) is 11.4 Å². The van der Waals surface area contributed by atoms with E-state index in [1.165, 1.54) is 4.88 Å². The van der Waals surface area contributed by atoms with Gasteiger partial charge in [-0.15, -0.1) is 17.9 Å². The zero-order valence-corrected chi connectivity index (χ0v) is 9.64. The lowest BCUT2D eigenvalue weighted by Gasteiger charge is -2.15. The number of carbonyl (C=O) groups is 1. The maximum absolute atomic E-state index is 11.4. The van der Waals surface area contributed by atoms with Crippen molar-refractivity contribution in [1.29, 1.82) is 0 Å². The Morgan fingerprint density at radius 2 is 2.53 bits per heavy atom. The Kier molecular flexibility index (Phi) is 4.90. The van der Waals surface area contributed by atoms with E-state index in [1.54, 1.807) is 17.4 Å². The van der Waals surface area contributed by atoms with Crippen molar-refractivity contribution < 1.29 is 4.79 Å². The van der Waals surface area contributed by atoms with Gasteiger partial charge in [0.1, 0.15) is 0 Å². The maximum Gasteiger partial charge on any atom is 0.315 e. The van der Waals surface area contributed by atoms with Gasteiger partial charge in [0.15, 0.2) is 0 Å². The van der Waals surface area contributed by atoms with Crippen LogP contribution in [0.5, 0.6) is 0 Å². The zero-order valence-electron chi connectivity index (χ0n) is 8.82. The van der Waals surface area contributed by atoms with Gasteiger partial charge in [-0.3, -0.25) is 0 Å². The molecule has 1 atom stereocenters. The molecule has 0 aliphatic carbocycles. The summed E-state index contributed by atoms with van der Waals surface area (Å²) in [6, 6.07) is 3.99. The van der Waals surface area contributed by atoms with Crippen molar-refractivity contribution in [2.45, 2.75) is 19.4 Å². The summed E-state index contributed by atoms with van der Waals surface area (Å²) in [6.07, 6.45) is 2.55. The molecule has 0 radical (unpaired) electrons. The zero-order chi connectivity index (χ0) is 11.1. The second-order valence-corrected chi connectivity index (χ2v) is 4.10. The van der Waals surface area contributed by atoms with E-state index >= 15 is 0 Å². The van der Waals surface area contributed by atoms with Crippen LogP contribution in [0.4, 0.5) is 4.79 Å². The number of rotatable bonds is 5. The van der Waals surface area contributed by atoms with E-state index in [2.05, 4.69) is 24.1 Å². The van der Waals surface area contributed by atoms with Crippen LogP contribution in [0.25, 0.3) is 0 Å². The first-order chi connectivity index (χ1) is 7.27. The Labute approximate surface area is 94.2 Å². The third-order valence-corrected chi connectivity index (χ3v) is 2.99. The number of urea groups is 1. The molecular formula is C11H16N2OS. The highest BCUT2D eigenvalue weighted by Crippen LogP contribution is 2.21. The molecule has 4 heteroatoms. The van der Waals surface area contributed by atoms with Crippen LogP contribution in [0.3, 0.4) is 0 Å². The Balaban J connectivity index is 2.47. The Morgan fingerprint density at radius 3 is 3.07 bits per heavy atom. The van der Waals surface area contributed by atoms with Crippen LogP contribution in [0.1, 0.15) is 24.3 Å². The molecule has 1 unspecified atom stereocenters. The molecule has 1 aromatic heterocycles. The Bertz CT molecular complexity index is 308. The van der Waals surface area contributed by atoms with E-state index < -0.39 is 0 Å². The van der Waals surface area contributed by atoms with Gasteiger partial charge in [-0.25, -0.2) is 4.79 Å². The second kappa shape index (κ2) is 6.24. The molecular weight excluding hydrogens is 208 g/mol. The van der Waals surface area contributed by atoms with Crippen molar-refractivity contribution >= 4 is 17.4 Å². The highest BCUT2D eigenvalue weighted by molar-refractivity contribution is 7.10. The fourth-order valence-corrected chi connectivity index (χ4v) is 2.10. The van der Waals surface area contributed by atoms with Crippen molar-refractivity contribution in [3.63, 3.8) is 0 Å². The molecule has 0 saturated carbocycles. The van der Waals surface area contributed by atoms with E-state index in [0.717, 1.165) is 6.42 Å². The van der Waals surface area contributed by atoms with E-state index in [4.69, 9.17) is 0 Å². The van der Waals surface area contributed by atoms with Crippen LogP contribution >= 0.6 is 11.3 Å². The average molecular weight is 224 g/mol. The molecule has 0 bridgehead atoms. The van der Waals surface area contributed by atoms with Gasteiger partial charge in [0.25, 0.3) is 0 Å². The Morgan fingerprint density at radius 1 is 1.73 bits per heavy atom. The van der Waals surface area contributed by atoms with Crippen LogP contribution in [-0.2, 0) is 0 Å². The average Bonchev–Trinajstić information content (AvgIpc) is 2.76. The number of amides is 2. The first-order valence-electron chi connectivity index (χ1n) is 4.96. The van der Waals surface area contributed by atoms with Crippen molar-refractivity contribution in [1.82, 2.24) is 10.6 Å². The molecule has 0 fully saturated rings. The summed E-state index contributed by atoms with van der Waals surface area (Å²) in [7, 11) is 0. The molecule has 2 amide bonds. The minimum absolute atomic E-state index is 0.106. The standard InChI is InChI=1S/C11H16N2OS/c1-3-7-12-11(14)13-9(4-2)10-6-5-8-15-10/h3,5-6,8-9H,1,4,7H2,2H3,(H2,12,13,14). The quantitative estimate of drug-likeness (QED) is 0.742. The molecule has 1 heterocycles. The molecule has 1 rings (SSSR count). The van der Waals surface area contributed by atoms with Gasteiger partial charge in [0.2, 0.25) is 0 Å². The van der Waals surface area contributed by atoms with Gasteiger partial charge in [-0.05, 0) is 17.9 Å². The summed E-state index contributed by atoms with van der Waals surface area (Å²) in [5.74, 6) is 0. The first-order valence-corrected chi connectivity index (χ1v) is 5.84. The second-order valence-electron chi connectivity index (χ2n) is 3.12. The molecule has 2 N–H and O–H groups in total. The topological polar surface area (TPSA) is 41.1 Å². The highest BCUT2D eigenvalue weighted by Gasteiger charge is 2.12. The minimum Gasteiger partial charge on any atom is -0.335 e. The number of nitrogens with one attached hydrogen (secondary N) is 2. The SMILES string of the molecule is C=CCNC(=O)NC(CC)c1cccs1. The monoisotopic (exact) mass is 224 g/mol. The van der Waals surface area contributed by atoms with E-state index in [0.29, 0.717) is 6.54 Å². The minimum atomic E-state index is -0.143. The molecule has 0 aliphatic rings. The Hall–Kier alpha value is -1.29. The summed E-state index contributed by atoms with van der Waals surface area (Å²) < 4.78 is 0. The molecule has 0 aromatic carbocycles. The first kappa shape index (κ1) is 11.8. The van der Waals surface area contributed by atoms with Gasteiger partial charge < -0.3 is 10.6 Å². The highest BCUT2D eigenvalue weighted by atomic mass is 32.1. The fourth-order valence-electron chi connectivity index (χ4n) is 1.24. The summed E-state index contributed by atoms with van der Waals surface area (Å²) >= 11 is 1.66. The molecule has 82 valence electrons. The van der Waals surface area contributed by atoms with Crippen LogP contribution in [-0.4, -0.2) is 12.6 Å². The summed E-state index contributed by atoms with van der Waals surface area (Å²) in [5, 5.41) is 7.63. The molecule has 0 aliphatic heterocycles. The predicted octanol–water partition coefficient (Wildman–Crippen LogP) is 2.68. The molecule has 15 heavy (non-hydrogen) atoms. The smallest absolute Gasteiger partial charge is 0.315 e. The molecule has 1 aromatic rings. The van der Waals surface area contributed by atoms with E-state index in [1.807, 2.05) is 17.5 Å². The van der Waals surface area contributed by atoms with Gasteiger partial charge >= 0.3 is 6.03 Å². The van der Waals surface area contributed by atoms with Crippen LogP contribution < -0.4 is 10.6 Å².